The molecular weight excluding hydrogens is 733 g/mol. The maximum atomic E-state index is 12.7. The highest BCUT2D eigenvalue weighted by Gasteiger charge is 2.19. The van der Waals surface area contributed by atoms with Crippen LogP contribution in [0, 0.1) is 0 Å². The third-order valence-corrected chi connectivity index (χ3v) is 9.90. The number of hydrogen-bond acceptors (Lipinski definition) is 6. The fourth-order valence-electron chi connectivity index (χ4n) is 6.28. The maximum absolute atomic E-state index is 12.7. The van der Waals surface area contributed by atoms with Crippen molar-refractivity contribution < 1.29 is 28.6 Å². The number of esters is 3. The molecule has 0 heterocycles. The molecule has 336 valence electrons. The second-order valence-electron chi connectivity index (χ2n) is 15.6. The zero-order valence-electron chi connectivity index (χ0n) is 38.2. The summed E-state index contributed by atoms with van der Waals surface area (Å²) in [6.45, 7) is 6.40. The molecule has 6 heteroatoms. The molecule has 1 unspecified atom stereocenters. The van der Waals surface area contributed by atoms with Crippen molar-refractivity contribution in [2.24, 2.45) is 0 Å². The van der Waals surface area contributed by atoms with Gasteiger partial charge >= 0.3 is 17.9 Å². The summed E-state index contributed by atoms with van der Waals surface area (Å²) in [5, 5.41) is 0. The number of carbonyl (C=O) groups is 3. The molecule has 0 rings (SSSR count). The monoisotopic (exact) mass is 821 g/mol. The minimum Gasteiger partial charge on any atom is -0.462 e. The predicted octanol–water partition coefficient (Wildman–Crippen LogP) is 15.6. The normalized spacial score (nSPS) is 12.8. The molecule has 0 saturated heterocycles. The summed E-state index contributed by atoms with van der Waals surface area (Å²) in [7, 11) is 0. The average Bonchev–Trinajstić information content (AvgIpc) is 3.23. The Bertz CT molecular complexity index is 1170. The van der Waals surface area contributed by atoms with Crippen LogP contribution in [-0.4, -0.2) is 37.2 Å². The van der Waals surface area contributed by atoms with E-state index in [1.165, 1.54) is 77.0 Å². The van der Waals surface area contributed by atoms with Crippen LogP contribution in [0.4, 0.5) is 0 Å². The second-order valence-corrected chi connectivity index (χ2v) is 15.6. The first-order chi connectivity index (χ1) is 29.0. The van der Waals surface area contributed by atoms with Gasteiger partial charge in [0.05, 0.1) is 0 Å². The summed E-state index contributed by atoms with van der Waals surface area (Å²) in [4.78, 5) is 37.7. The van der Waals surface area contributed by atoms with Crippen molar-refractivity contribution in [2.75, 3.05) is 13.2 Å². The SMILES string of the molecule is CC/C=C\C/C=C\C/C=C\C/C=C\C/C=C\C/C=C\CCC(=O)OCC(COC(=O)CCCCCCCCCCC)OC(=O)CCCCCCC/C=C\CCCCCC. The van der Waals surface area contributed by atoms with E-state index in [0.29, 0.717) is 19.3 Å². The van der Waals surface area contributed by atoms with E-state index >= 15 is 0 Å². The van der Waals surface area contributed by atoms with Gasteiger partial charge in [-0.2, -0.15) is 0 Å². The van der Waals surface area contributed by atoms with E-state index in [9.17, 15) is 14.4 Å². The summed E-state index contributed by atoms with van der Waals surface area (Å²) in [6.07, 6.45) is 60.1. The molecule has 0 aliphatic carbocycles. The van der Waals surface area contributed by atoms with Crippen LogP contribution in [0.15, 0.2) is 85.1 Å². The lowest BCUT2D eigenvalue weighted by molar-refractivity contribution is -0.166. The Labute approximate surface area is 363 Å². The number of carbonyl (C=O) groups excluding carboxylic acids is 3. The van der Waals surface area contributed by atoms with Crippen molar-refractivity contribution in [3.63, 3.8) is 0 Å². The highest BCUT2D eigenvalue weighted by atomic mass is 16.6. The number of rotatable bonds is 42. The topological polar surface area (TPSA) is 78.9 Å². The summed E-state index contributed by atoms with van der Waals surface area (Å²) in [5.41, 5.74) is 0. The van der Waals surface area contributed by atoms with Gasteiger partial charge in [-0.3, -0.25) is 14.4 Å². The van der Waals surface area contributed by atoms with Crippen molar-refractivity contribution >= 4 is 17.9 Å². The van der Waals surface area contributed by atoms with Crippen LogP contribution >= 0.6 is 0 Å². The number of ether oxygens (including phenoxy) is 3. The molecule has 0 saturated carbocycles. The molecular formula is C53H88O6. The van der Waals surface area contributed by atoms with Crippen LogP contribution < -0.4 is 0 Å². The lowest BCUT2D eigenvalue weighted by Crippen LogP contribution is -2.30. The molecule has 1 atom stereocenters. The Hall–Kier alpha value is -3.41. The van der Waals surface area contributed by atoms with Gasteiger partial charge in [-0.25, -0.2) is 0 Å². The van der Waals surface area contributed by atoms with Crippen LogP contribution in [0.3, 0.4) is 0 Å². The number of allylic oxidation sites excluding steroid dienone is 14. The van der Waals surface area contributed by atoms with E-state index in [4.69, 9.17) is 14.2 Å². The maximum Gasteiger partial charge on any atom is 0.306 e. The van der Waals surface area contributed by atoms with Crippen LogP contribution in [0.5, 0.6) is 0 Å². The molecule has 0 aromatic rings. The number of hydrogen-bond donors (Lipinski definition) is 0. The van der Waals surface area contributed by atoms with Gasteiger partial charge in [0.2, 0.25) is 0 Å². The summed E-state index contributed by atoms with van der Waals surface area (Å²) >= 11 is 0. The van der Waals surface area contributed by atoms with Crippen molar-refractivity contribution in [1.29, 1.82) is 0 Å². The van der Waals surface area contributed by atoms with Crippen molar-refractivity contribution in [1.82, 2.24) is 0 Å². The van der Waals surface area contributed by atoms with Crippen LogP contribution in [-0.2, 0) is 28.6 Å². The summed E-state index contributed by atoms with van der Waals surface area (Å²) in [6, 6.07) is 0. The zero-order chi connectivity index (χ0) is 43.0. The van der Waals surface area contributed by atoms with E-state index in [0.717, 1.165) is 89.9 Å². The van der Waals surface area contributed by atoms with Gasteiger partial charge in [-0.15, -0.1) is 0 Å². The van der Waals surface area contributed by atoms with E-state index < -0.39 is 6.10 Å². The minimum absolute atomic E-state index is 0.103. The first-order valence-corrected chi connectivity index (χ1v) is 24.1. The van der Waals surface area contributed by atoms with Gasteiger partial charge in [0.25, 0.3) is 0 Å². The lowest BCUT2D eigenvalue weighted by atomic mass is 10.1. The molecule has 0 aromatic heterocycles. The van der Waals surface area contributed by atoms with Crippen molar-refractivity contribution in [3.05, 3.63) is 85.1 Å². The first kappa shape index (κ1) is 55.6. The molecule has 0 aromatic carbocycles. The predicted molar refractivity (Wildman–Crippen MR) is 251 cm³/mol. The zero-order valence-corrected chi connectivity index (χ0v) is 38.2. The highest BCUT2D eigenvalue weighted by molar-refractivity contribution is 5.71. The molecule has 0 radical (unpaired) electrons. The van der Waals surface area contributed by atoms with Crippen LogP contribution in [0.2, 0.25) is 0 Å². The molecule has 6 nitrogen and oxygen atoms in total. The second kappa shape index (κ2) is 47.3. The quantitative estimate of drug-likeness (QED) is 0.0264. The van der Waals surface area contributed by atoms with Gasteiger partial charge in [-0.1, -0.05) is 196 Å². The van der Waals surface area contributed by atoms with E-state index in [1.807, 2.05) is 12.2 Å². The third-order valence-electron chi connectivity index (χ3n) is 9.90. The van der Waals surface area contributed by atoms with Gasteiger partial charge in [0.15, 0.2) is 6.10 Å². The highest BCUT2D eigenvalue weighted by Crippen LogP contribution is 2.13. The molecule has 0 aliphatic heterocycles. The standard InChI is InChI=1S/C53H88O6/c1-4-7-10-13-16-19-21-23-24-25-26-27-28-30-31-34-37-40-43-46-52(55)58-49-50(48-57-51(54)45-42-39-36-33-18-15-12-9-6-3)59-53(56)47-44-41-38-35-32-29-22-20-17-14-11-8-5-2/h7,10,16,19-20,22-24,26-27,30-31,37,40,50H,4-6,8-9,11-15,17-18,21,25,28-29,32-36,38-39,41-49H2,1-3H3/b10-7-,19-16-,22-20-,24-23-,27-26-,31-30-,40-37-. The Morgan fingerprint density at radius 3 is 1.15 bits per heavy atom. The van der Waals surface area contributed by atoms with Crippen molar-refractivity contribution in [2.45, 2.75) is 219 Å². The van der Waals surface area contributed by atoms with Gasteiger partial charge in [-0.05, 0) is 83.5 Å². The fourth-order valence-corrected chi connectivity index (χ4v) is 6.28. The van der Waals surface area contributed by atoms with Gasteiger partial charge < -0.3 is 14.2 Å². The van der Waals surface area contributed by atoms with Crippen LogP contribution in [0.1, 0.15) is 213 Å². The van der Waals surface area contributed by atoms with E-state index in [-0.39, 0.29) is 37.5 Å². The third kappa shape index (κ3) is 45.5. The molecule has 0 N–H and O–H groups in total. The number of unbranched alkanes of at least 4 members (excludes halogenated alkanes) is 17. The van der Waals surface area contributed by atoms with E-state index in [1.54, 1.807) is 0 Å². The summed E-state index contributed by atoms with van der Waals surface area (Å²) < 4.78 is 16.6. The van der Waals surface area contributed by atoms with Crippen LogP contribution in [0.25, 0.3) is 0 Å². The first-order valence-electron chi connectivity index (χ1n) is 24.1. The largest absolute Gasteiger partial charge is 0.462 e. The molecule has 0 bridgehead atoms. The molecule has 0 amide bonds. The lowest BCUT2D eigenvalue weighted by Gasteiger charge is -2.18. The van der Waals surface area contributed by atoms with E-state index in [2.05, 4.69) is 93.7 Å². The molecule has 59 heavy (non-hydrogen) atoms. The summed E-state index contributed by atoms with van der Waals surface area (Å²) in [5.74, 6) is -1.01. The average molecular weight is 821 g/mol. The Balaban J connectivity index is 4.48. The Morgan fingerprint density at radius 2 is 0.695 bits per heavy atom. The Kier molecular flexibility index (Phi) is 44.5. The van der Waals surface area contributed by atoms with Crippen molar-refractivity contribution in [3.8, 4) is 0 Å². The smallest absolute Gasteiger partial charge is 0.306 e. The Morgan fingerprint density at radius 1 is 0.356 bits per heavy atom. The van der Waals surface area contributed by atoms with Gasteiger partial charge in [0.1, 0.15) is 13.2 Å². The molecule has 0 aliphatic rings. The molecule has 0 fully saturated rings. The molecule has 0 spiro atoms. The van der Waals surface area contributed by atoms with Gasteiger partial charge in [0, 0.05) is 19.3 Å². The minimum atomic E-state index is -0.807. The fraction of sp³-hybridized carbons (Fsp3) is 0.679.